The summed E-state index contributed by atoms with van der Waals surface area (Å²) in [6.45, 7) is 1.95. The average Bonchev–Trinajstić information content (AvgIpc) is 2.33. The number of aliphatic imine (C=N–C) groups is 1. The van der Waals surface area contributed by atoms with E-state index < -0.39 is 0 Å². The van der Waals surface area contributed by atoms with Crippen LogP contribution in [0.2, 0.25) is 5.02 Å². The van der Waals surface area contributed by atoms with Crippen LogP contribution in [0.3, 0.4) is 0 Å². The third-order valence-corrected chi connectivity index (χ3v) is 2.74. The molecule has 3 heteroatoms. The van der Waals surface area contributed by atoms with Gasteiger partial charge in [-0.25, -0.2) is 0 Å². The molecule has 0 aliphatic rings. The Morgan fingerprint density at radius 2 is 1.71 bits per heavy atom. The van der Waals surface area contributed by atoms with E-state index in [0.29, 0.717) is 5.69 Å². The van der Waals surface area contributed by atoms with Crippen molar-refractivity contribution < 1.29 is 0 Å². The molecule has 2 rings (SSSR count). The number of benzene rings is 2. The average molecular weight is 245 g/mol. The second-order valence-electron chi connectivity index (χ2n) is 3.76. The van der Waals surface area contributed by atoms with Gasteiger partial charge < -0.3 is 5.73 Å². The fourth-order valence-electron chi connectivity index (χ4n) is 1.53. The van der Waals surface area contributed by atoms with Gasteiger partial charge in [0.1, 0.15) is 0 Å². The molecule has 0 aromatic heterocycles. The number of para-hydroxylation sites is 2. The van der Waals surface area contributed by atoms with Gasteiger partial charge in [-0.1, -0.05) is 35.9 Å². The van der Waals surface area contributed by atoms with Gasteiger partial charge in [0, 0.05) is 10.7 Å². The number of hydrogen-bond acceptors (Lipinski definition) is 2. The Morgan fingerprint density at radius 1 is 1.06 bits per heavy atom. The first kappa shape index (κ1) is 11.7. The van der Waals surface area contributed by atoms with Gasteiger partial charge in [0.05, 0.1) is 11.4 Å². The first-order valence-corrected chi connectivity index (χ1v) is 5.70. The van der Waals surface area contributed by atoms with Crippen LogP contribution in [-0.4, -0.2) is 5.71 Å². The molecule has 0 spiro atoms. The molecular weight excluding hydrogens is 232 g/mol. The monoisotopic (exact) mass is 244 g/mol. The van der Waals surface area contributed by atoms with E-state index in [-0.39, 0.29) is 0 Å². The predicted octanol–water partition coefficient (Wildman–Crippen LogP) is 4.06. The van der Waals surface area contributed by atoms with E-state index in [0.717, 1.165) is 22.0 Å². The number of nitrogens with zero attached hydrogens (tertiary/aromatic N) is 1. The number of anilines is 1. The minimum atomic E-state index is 0.681. The lowest BCUT2D eigenvalue weighted by molar-refractivity contribution is 1.47. The van der Waals surface area contributed by atoms with Crippen molar-refractivity contribution in [3.05, 3.63) is 59.1 Å². The van der Waals surface area contributed by atoms with Crippen molar-refractivity contribution in [1.82, 2.24) is 0 Å². The highest BCUT2D eigenvalue weighted by atomic mass is 35.5. The van der Waals surface area contributed by atoms with Gasteiger partial charge in [0.2, 0.25) is 0 Å². The molecule has 0 saturated heterocycles. The molecule has 2 nitrogen and oxygen atoms in total. The van der Waals surface area contributed by atoms with Crippen LogP contribution in [0.25, 0.3) is 0 Å². The second-order valence-corrected chi connectivity index (χ2v) is 4.20. The summed E-state index contributed by atoms with van der Waals surface area (Å²) in [6, 6.07) is 15.1. The summed E-state index contributed by atoms with van der Waals surface area (Å²) < 4.78 is 0. The van der Waals surface area contributed by atoms with E-state index in [9.17, 15) is 0 Å². The van der Waals surface area contributed by atoms with E-state index in [1.165, 1.54) is 0 Å². The zero-order chi connectivity index (χ0) is 12.3. The van der Waals surface area contributed by atoms with Crippen LogP contribution < -0.4 is 5.73 Å². The quantitative estimate of drug-likeness (QED) is 0.628. The van der Waals surface area contributed by atoms with E-state index >= 15 is 0 Å². The molecule has 0 heterocycles. The van der Waals surface area contributed by atoms with Gasteiger partial charge in [0.25, 0.3) is 0 Å². The Bertz CT molecular complexity index is 544. The number of rotatable bonds is 2. The lowest BCUT2D eigenvalue weighted by atomic mass is 10.1. The van der Waals surface area contributed by atoms with Crippen LogP contribution in [0.15, 0.2) is 53.5 Å². The molecule has 0 bridgehead atoms. The molecule has 0 saturated carbocycles. The van der Waals surface area contributed by atoms with E-state index in [2.05, 4.69) is 4.99 Å². The number of halogens is 1. The molecular formula is C14H13ClN2. The van der Waals surface area contributed by atoms with Crippen molar-refractivity contribution in [2.75, 3.05) is 5.73 Å². The van der Waals surface area contributed by atoms with Crippen molar-refractivity contribution in [2.24, 2.45) is 4.99 Å². The largest absolute Gasteiger partial charge is 0.397 e. The van der Waals surface area contributed by atoms with Crippen LogP contribution >= 0.6 is 11.6 Å². The molecule has 86 valence electrons. The lowest BCUT2D eigenvalue weighted by Gasteiger charge is -2.03. The summed E-state index contributed by atoms with van der Waals surface area (Å²) in [6.07, 6.45) is 0. The van der Waals surface area contributed by atoms with Crippen molar-refractivity contribution >= 4 is 28.7 Å². The van der Waals surface area contributed by atoms with E-state index in [1.54, 1.807) is 0 Å². The van der Waals surface area contributed by atoms with Gasteiger partial charge >= 0.3 is 0 Å². The SMILES string of the molecule is CC(=Nc1ccccc1N)c1ccc(Cl)cc1. The molecule has 0 amide bonds. The maximum absolute atomic E-state index is 5.84. The summed E-state index contributed by atoms with van der Waals surface area (Å²) in [7, 11) is 0. The summed E-state index contributed by atoms with van der Waals surface area (Å²) >= 11 is 5.84. The summed E-state index contributed by atoms with van der Waals surface area (Å²) in [5, 5.41) is 0.723. The minimum Gasteiger partial charge on any atom is -0.397 e. The summed E-state index contributed by atoms with van der Waals surface area (Å²) in [5.41, 5.74) is 9.27. The topological polar surface area (TPSA) is 38.4 Å². The fraction of sp³-hybridized carbons (Fsp3) is 0.0714. The Balaban J connectivity index is 2.34. The zero-order valence-corrected chi connectivity index (χ0v) is 10.3. The molecule has 2 aromatic carbocycles. The molecule has 0 unspecified atom stereocenters. The minimum absolute atomic E-state index is 0.681. The number of nitrogen functional groups attached to an aromatic ring is 1. The van der Waals surface area contributed by atoms with E-state index in [4.69, 9.17) is 17.3 Å². The van der Waals surface area contributed by atoms with E-state index in [1.807, 2.05) is 55.5 Å². The number of hydrogen-bond donors (Lipinski definition) is 1. The van der Waals surface area contributed by atoms with Gasteiger partial charge in [-0.05, 0) is 36.8 Å². The van der Waals surface area contributed by atoms with Crippen molar-refractivity contribution in [1.29, 1.82) is 0 Å². The van der Waals surface area contributed by atoms with Gasteiger partial charge in [-0.2, -0.15) is 0 Å². The van der Waals surface area contributed by atoms with Gasteiger partial charge in [0.15, 0.2) is 0 Å². The summed E-state index contributed by atoms with van der Waals surface area (Å²) in [5.74, 6) is 0. The molecule has 0 aliphatic heterocycles. The molecule has 0 radical (unpaired) electrons. The van der Waals surface area contributed by atoms with Crippen molar-refractivity contribution in [3.8, 4) is 0 Å². The zero-order valence-electron chi connectivity index (χ0n) is 9.52. The highest BCUT2D eigenvalue weighted by molar-refractivity contribution is 6.30. The smallest absolute Gasteiger partial charge is 0.0862 e. The summed E-state index contributed by atoms with van der Waals surface area (Å²) in [4.78, 5) is 4.51. The molecule has 2 N–H and O–H groups in total. The van der Waals surface area contributed by atoms with Crippen LogP contribution in [-0.2, 0) is 0 Å². The van der Waals surface area contributed by atoms with Crippen LogP contribution in [0.1, 0.15) is 12.5 Å². The maximum atomic E-state index is 5.84. The Kier molecular flexibility index (Phi) is 3.45. The van der Waals surface area contributed by atoms with Gasteiger partial charge in [-0.3, -0.25) is 4.99 Å². The third-order valence-electron chi connectivity index (χ3n) is 2.49. The normalized spacial score (nSPS) is 11.5. The standard InChI is InChI=1S/C14H13ClN2/c1-10(11-6-8-12(15)9-7-11)17-14-5-3-2-4-13(14)16/h2-9H,16H2,1H3. The van der Waals surface area contributed by atoms with Crippen LogP contribution in [0, 0.1) is 0 Å². The van der Waals surface area contributed by atoms with Gasteiger partial charge in [-0.15, -0.1) is 0 Å². The Hall–Kier alpha value is -1.80. The Morgan fingerprint density at radius 3 is 2.35 bits per heavy atom. The number of nitrogens with two attached hydrogens (primary N) is 1. The first-order chi connectivity index (χ1) is 8.16. The molecule has 17 heavy (non-hydrogen) atoms. The predicted molar refractivity (Wildman–Crippen MR) is 74.2 cm³/mol. The molecule has 2 aromatic rings. The highest BCUT2D eigenvalue weighted by Crippen LogP contribution is 2.22. The second kappa shape index (κ2) is 5.02. The van der Waals surface area contributed by atoms with Crippen LogP contribution in [0.4, 0.5) is 11.4 Å². The highest BCUT2D eigenvalue weighted by Gasteiger charge is 1.99. The first-order valence-electron chi connectivity index (χ1n) is 5.32. The van der Waals surface area contributed by atoms with Crippen LogP contribution in [0.5, 0.6) is 0 Å². The fourth-order valence-corrected chi connectivity index (χ4v) is 1.65. The maximum Gasteiger partial charge on any atom is 0.0862 e. The molecule has 0 atom stereocenters. The lowest BCUT2D eigenvalue weighted by Crippen LogP contribution is -1.94. The molecule has 0 fully saturated rings. The Labute approximate surface area is 106 Å². The molecule has 0 aliphatic carbocycles. The van der Waals surface area contributed by atoms with Crippen molar-refractivity contribution in [3.63, 3.8) is 0 Å². The van der Waals surface area contributed by atoms with Crippen molar-refractivity contribution in [2.45, 2.75) is 6.92 Å². The third kappa shape index (κ3) is 2.86.